The lowest BCUT2D eigenvalue weighted by Crippen LogP contribution is -2.27. The van der Waals surface area contributed by atoms with Crippen molar-refractivity contribution in [2.24, 2.45) is 0 Å². The molecule has 1 fully saturated rings. The Labute approximate surface area is 210 Å². The molecule has 4 rings (SSSR count). The van der Waals surface area contributed by atoms with Gasteiger partial charge in [-0.2, -0.15) is 8.42 Å². The first-order chi connectivity index (χ1) is 16.7. The average molecular weight is 529 g/mol. The first-order valence-corrected chi connectivity index (χ1v) is 12.5. The Balaban J connectivity index is 1.58. The number of carbonyl (C=O) groups excluding carboxylic acids is 1. The second kappa shape index (κ2) is 9.86. The number of benzene rings is 3. The van der Waals surface area contributed by atoms with Crippen molar-refractivity contribution in [3.8, 4) is 11.5 Å². The summed E-state index contributed by atoms with van der Waals surface area (Å²) in [5, 5.41) is 10.9. The number of thioether (sulfide) groups is 1. The smallest absolute Gasteiger partial charge is 0.339 e. The summed E-state index contributed by atoms with van der Waals surface area (Å²) >= 11 is 6.41. The SMILES string of the molecule is COc1cc(/C=C2/SC(=S)N(c3ccc([N+](=O)[O-])cc3)C2=O)ccc1OS(=O)(=O)c1ccccc1. The van der Waals surface area contributed by atoms with Crippen LogP contribution >= 0.6 is 24.0 Å². The average Bonchev–Trinajstić information content (AvgIpc) is 3.12. The van der Waals surface area contributed by atoms with Crippen molar-refractivity contribution >= 4 is 61.8 Å². The zero-order valence-electron chi connectivity index (χ0n) is 18.0. The minimum absolute atomic E-state index is 0.000970. The number of thiocarbonyl (C=S) groups is 1. The summed E-state index contributed by atoms with van der Waals surface area (Å²) < 4.78 is 35.9. The Hall–Kier alpha value is -3.74. The number of nitro groups is 1. The summed E-state index contributed by atoms with van der Waals surface area (Å²) in [5.41, 5.74) is 0.864. The van der Waals surface area contributed by atoms with E-state index in [1.54, 1.807) is 30.3 Å². The first kappa shape index (κ1) is 24.4. The molecule has 12 heteroatoms. The standard InChI is InChI=1S/C23H16N2O7S3/c1-31-20-13-15(7-12-19(20)32-35(29,30)18-5-3-2-4-6-18)14-21-22(26)24(23(33)34-21)16-8-10-17(11-9-16)25(27)28/h2-14H,1H3/b21-14+. The molecule has 0 aromatic heterocycles. The highest BCUT2D eigenvalue weighted by Crippen LogP contribution is 2.38. The summed E-state index contributed by atoms with van der Waals surface area (Å²) in [7, 11) is -2.69. The van der Waals surface area contributed by atoms with E-state index in [0.29, 0.717) is 16.2 Å². The Morgan fingerprint density at radius 2 is 1.71 bits per heavy atom. The van der Waals surface area contributed by atoms with Crippen LogP contribution in [-0.4, -0.2) is 30.7 Å². The van der Waals surface area contributed by atoms with Crippen LogP contribution in [0, 0.1) is 10.1 Å². The number of anilines is 1. The summed E-state index contributed by atoms with van der Waals surface area (Å²) in [4.78, 5) is 24.9. The minimum Gasteiger partial charge on any atom is -0.493 e. The Morgan fingerprint density at radius 1 is 1.03 bits per heavy atom. The van der Waals surface area contributed by atoms with Crippen LogP contribution in [0.25, 0.3) is 6.08 Å². The molecule has 1 heterocycles. The fourth-order valence-electron chi connectivity index (χ4n) is 3.16. The fraction of sp³-hybridized carbons (Fsp3) is 0.0435. The van der Waals surface area contributed by atoms with Gasteiger partial charge in [0.05, 0.1) is 22.6 Å². The summed E-state index contributed by atoms with van der Waals surface area (Å²) in [6, 6.07) is 17.8. The second-order valence-electron chi connectivity index (χ2n) is 7.05. The Morgan fingerprint density at radius 3 is 2.34 bits per heavy atom. The van der Waals surface area contributed by atoms with E-state index in [-0.39, 0.29) is 32.3 Å². The van der Waals surface area contributed by atoms with Gasteiger partial charge in [0.15, 0.2) is 15.8 Å². The zero-order valence-corrected chi connectivity index (χ0v) is 20.4. The summed E-state index contributed by atoms with van der Waals surface area (Å²) in [6.45, 7) is 0. The number of rotatable bonds is 7. The second-order valence-corrected chi connectivity index (χ2v) is 10.3. The molecule has 9 nitrogen and oxygen atoms in total. The maximum absolute atomic E-state index is 13.0. The van der Waals surface area contributed by atoms with E-state index < -0.39 is 15.0 Å². The van der Waals surface area contributed by atoms with Gasteiger partial charge in [-0.1, -0.05) is 48.2 Å². The predicted octanol–water partition coefficient (Wildman–Crippen LogP) is 4.78. The highest BCUT2D eigenvalue weighted by atomic mass is 32.2. The minimum atomic E-state index is -4.06. The lowest BCUT2D eigenvalue weighted by Gasteiger charge is -2.14. The fourth-order valence-corrected chi connectivity index (χ4v) is 5.42. The molecule has 178 valence electrons. The third-order valence-electron chi connectivity index (χ3n) is 4.83. The van der Waals surface area contributed by atoms with Crippen LogP contribution < -0.4 is 13.8 Å². The van der Waals surface area contributed by atoms with Crippen molar-refractivity contribution in [1.29, 1.82) is 0 Å². The molecule has 35 heavy (non-hydrogen) atoms. The number of ether oxygens (including phenoxy) is 1. The number of amides is 1. The van der Waals surface area contributed by atoms with E-state index >= 15 is 0 Å². The van der Waals surface area contributed by atoms with Crippen molar-refractivity contribution < 1.29 is 27.1 Å². The van der Waals surface area contributed by atoms with Crippen LogP contribution in [0.3, 0.4) is 0 Å². The number of carbonyl (C=O) groups is 1. The predicted molar refractivity (Wildman–Crippen MR) is 136 cm³/mol. The van der Waals surface area contributed by atoms with Crippen LogP contribution in [0.1, 0.15) is 5.56 Å². The number of nitro benzene ring substituents is 1. The van der Waals surface area contributed by atoms with Gasteiger partial charge in [0.2, 0.25) is 0 Å². The van der Waals surface area contributed by atoms with Gasteiger partial charge in [-0.15, -0.1) is 0 Å². The lowest BCUT2D eigenvalue weighted by atomic mass is 10.2. The Kier molecular flexibility index (Phi) is 6.87. The maximum Gasteiger partial charge on any atom is 0.339 e. The molecular weight excluding hydrogens is 512 g/mol. The third kappa shape index (κ3) is 5.19. The largest absolute Gasteiger partial charge is 0.493 e. The van der Waals surface area contributed by atoms with E-state index in [1.807, 2.05) is 0 Å². The molecule has 1 aliphatic rings. The van der Waals surface area contributed by atoms with Crippen molar-refractivity contribution in [3.05, 3.63) is 93.4 Å². The molecule has 0 aliphatic carbocycles. The molecule has 0 saturated carbocycles. The van der Waals surface area contributed by atoms with Gasteiger partial charge in [-0.25, -0.2) is 0 Å². The van der Waals surface area contributed by atoms with Crippen molar-refractivity contribution in [3.63, 3.8) is 0 Å². The number of nitrogens with zero attached hydrogens (tertiary/aromatic N) is 2. The summed E-state index contributed by atoms with van der Waals surface area (Å²) in [5.74, 6) is -0.240. The number of non-ortho nitro benzene ring substituents is 1. The van der Waals surface area contributed by atoms with Gasteiger partial charge in [0.1, 0.15) is 4.90 Å². The van der Waals surface area contributed by atoms with Gasteiger partial charge >= 0.3 is 10.1 Å². The molecule has 1 amide bonds. The van der Waals surface area contributed by atoms with Gasteiger partial charge in [0, 0.05) is 12.1 Å². The molecule has 0 unspecified atom stereocenters. The maximum atomic E-state index is 13.0. The first-order valence-electron chi connectivity index (χ1n) is 9.89. The zero-order chi connectivity index (χ0) is 25.2. The normalized spacial score (nSPS) is 14.9. The van der Waals surface area contributed by atoms with Crippen molar-refractivity contribution in [2.75, 3.05) is 12.0 Å². The number of methoxy groups -OCH3 is 1. The molecular formula is C23H16N2O7S3. The van der Waals surface area contributed by atoms with Crippen LogP contribution in [0.4, 0.5) is 11.4 Å². The van der Waals surface area contributed by atoms with Crippen molar-refractivity contribution in [2.45, 2.75) is 4.90 Å². The molecule has 3 aromatic carbocycles. The highest BCUT2D eigenvalue weighted by Gasteiger charge is 2.33. The molecule has 0 N–H and O–H groups in total. The molecule has 1 saturated heterocycles. The number of hydrogen-bond acceptors (Lipinski definition) is 9. The van der Waals surface area contributed by atoms with E-state index in [1.165, 1.54) is 60.5 Å². The van der Waals surface area contributed by atoms with Gasteiger partial charge < -0.3 is 8.92 Å². The molecule has 0 radical (unpaired) electrons. The number of hydrogen-bond donors (Lipinski definition) is 0. The van der Waals surface area contributed by atoms with Crippen LogP contribution in [0.2, 0.25) is 0 Å². The molecule has 0 atom stereocenters. The van der Waals surface area contributed by atoms with E-state index in [4.69, 9.17) is 21.1 Å². The van der Waals surface area contributed by atoms with E-state index in [9.17, 15) is 23.3 Å². The monoisotopic (exact) mass is 528 g/mol. The highest BCUT2D eigenvalue weighted by molar-refractivity contribution is 8.27. The topological polar surface area (TPSA) is 116 Å². The molecule has 1 aliphatic heterocycles. The van der Waals surface area contributed by atoms with Crippen LogP contribution in [0.15, 0.2) is 82.6 Å². The van der Waals surface area contributed by atoms with Crippen LogP contribution in [-0.2, 0) is 14.9 Å². The molecule has 0 bridgehead atoms. The third-order valence-corrected chi connectivity index (χ3v) is 7.38. The summed E-state index contributed by atoms with van der Waals surface area (Å²) in [6.07, 6.45) is 1.59. The van der Waals surface area contributed by atoms with Gasteiger partial charge in [-0.05, 0) is 48.0 Å². The Bertz CT molecular complexity index is 1450. The van der Waals surface area contributed by atoms with Gasteiger partial charge in [-0.3, -0.25) is 19.8 Å². The van der Waals surface area contributed by atoms with E-state index in [0.717, 1.165) is 11.8 Å². The lowest BCUT2D eigenvalue weighted by molar-refractivity contribution is -0.384. The quantitative estimate of drug-likeness (QED) is 0.140. The van der Waals surface area contributed by atoms with E-state index in [2.05, 4.69) is 0 Å². The van der Waals surface area contributed by atoms with Gasteiger partial charge in [0.25, 0.3) is 11.6 Å². The molecule has 3 aromatic rings. The van der Waals surface area contributed by atoms with Crippen molar-refractivity contribution in [1.82, 2.24) is 0 Å². The molecule has 0 spiro atoms. The van der Waals surface area contributed by atoms with Crippen LogP contribution in [0.5, 0.6) is 11.5 Å².